The number of hydrogen-bond acceptors (Lipinski definition) is 4. The molecule has 1 atom stereocenters. The van der Waals surface area contributed by atoms with E-state index in [4.69, 9.17) is 0 Å². The van der Waals surface area contributed by atoms with Crippen LogP contribution >= 0.6 is 0 Å². The number of amides is 2. The first kappa shape index (κ1) is 23.7. The second-order valence-electron chi connectivity index (χ2n) is 8.02. The fourth-order valence-electron chi connectivity index (χ4n) is 3.50. The lowest BCUT2D eigenvalue weighted by Crippen LogP contribution is -2.44. The van der Waals surface area contributed by atoms with Gasteiger partial charge in [0.2, 0.25) is 5.91 Å². The van der Waals surface area contributed by atoms with Crippen molar-refractivity contribution in [3.63, 3.8) is 0 Å². The van der Waals surface area contributed by atoms with Gasteiger partial charge in [0.05, 0.1) is 4.90 Å². The lowest BCUT2D eigenvalue weighted by molar-refractivity contribution is -0.126. The Balaban J connectivity index is 1.57. The van der Waals surface area contributed by atoms with Crippen LogP contribution in [0.3, 0.4) is 0 Å². The molecule has 2 aromatic rings. The minimum absolute atomic E-state index is 0.0456. The first-order valence-electron chi connectivity index (χ1n) is 10.7. The van der Waals surface area contributed by atoms with Crippen LogP contribution in [-0.2, 0) is 14.8 Å². The first-order chi connectivity index (χ1) is 15.2. The van der Waals surface area contributed by atoms with Gasteiger partial charge in [0.25, 0.3) is 15.9 Å². The normalized spacial score (nSPS) is 15.8. The van der Waals surface area contributed by atoms with Crippen LogP contribution in [-0.4, -0.2) is 44.3 Å². The third-order valence-electron chi connectivity index (χ3n) is 5.66. The van der Waals surface area contributed by atoms with E-state index in [9.17, 15) is 22.4 Å². The number of anilines is 1. The van der Waals surface area contributed by atoms with Crippen molar-refractivity contribution in [2.24, 2.45) is 5.92 Å². The molecule has 1 fully saturated rings. The molecule has 2 aromatic carbocycles. The summed E-state index contributed by atoms with van der Waals surface area (Å²) in [6.45, 7) is 4.98. The fourth-order valence-corrected chi connectivity index (χ4v) is 4.56. The molecule has 1 aliphatic rings. The quantitative estimate of drug-likeness (QED) is 0.661. The van der Waals surface area contributed by atoms with Crippen LogP contribution in [0.2, 0.25) is 0 Å². The van der Waals surface area contributed by atoms with E-state index in [1.165, 1.54) is 24.3 Å². The molecule has 2 amide bonds. The van der Waals surface area contributed by atoms with Crippen molar-refractivity contribution in [1.82, 2.24) is 10.2 Å². The average Bonchev–Trinajstić information content (AvgIpc) is 2.79. The van der Waals surface area contributed by atoms with Gasteiger partial charge >= 0.3 is 0 Å². The number of carbonyl (C=O) groups is 2. The number of rotatable bonds is 7. The molecule has 0 bridgehead atoms. The molecular weight excluding hydrogens is 433 g/mol. The van der Waals surface area contributed by atoms with Gasteiger partial charge in [-0.2, -0.15) is 0 Å². The topological polar surface area (TPSA) is 95.6 Å². The molecule has 0 unspecified atom stereocenters. The SMILES string of the molecule is CC[C@H](C)NC(=O)C1CCN(C(=O)c2ccc(NS(=O)(=O)c3ccc(F)cc3)cc2)CC1. The summed E-state index contributed by atoms with van der Waals surface area (Å²) in [4.78, 5) is 26.8. The first-order valence-corrected chi connectivity index (χ1v) is 12.2. The van der Waals surface area contributed by atoms with Crippen molar-refractivity contribution in [3.05, 3.63) is 59.9 Å². The van der Waals surface area contributed by atoms with Crippen molar-refractivity contribution < 1.29 is 22.4 Å². The average molecular weight is 462 g/mol. The second kappa shape index (κ2) is 10.1. The largest absolute Gasteiger partial charge is 0.353 e. The smallest absolute Gasteiger partial charge is 0.261 e. The van der Waals surface area contributed by atoms with Gasteiger partial charge in [-0.05, 0) is 74.7 Å². The molecule has 1 heterocycles. The van der Waals surface area contributed by atoms with E-state index in [0.717, 1.165) is 18.6 Å². The number of nitrogens with one attached hydrogen (secondary N) is 2. The maximum Gasteiger partial charge on any atom is 0.261 e. The summed E-state index contributed by atoms with van der Waals surface area (Å²) in [6.07, 6.45) is 2.10. The number of nitrogens with zero attached hydrogens (tertiary/aromatic N) is 1. The summed E-state index contributed by atoms with van der Waals surface area (Å²) in [5.74, 6) is -0.716. The number of likely N-dealkylation sites (tertiary alicyclic amines) is 1. The molecule has 0 spiro atoms. The third-order valence-corrected chi connectivity index (χ3v) is 7.06. The molecule has 32 heavy (non-hydrogen) atoms. The van der Waals surface area contributed by atoms with Crippen molar-refractivity contribution in [2.75, 3.05) is 17.8 Å². The Kier molecular flexibility index (Phi) is 7.50. The highest BCUT2D eigenvalue weighted by Crippen LogP contribution is 2.21. The summed E-state index contributed by atoms with van der Waals surface area (Å²) in [5, 5.41) is 3.00. The van der Waals surface area contributed by atoms with Crippen LogP contribution in [0.15, 0.2) is 53.4 Å². The molecule has 0 aliphatic carbocycles. The standard InChI is InChI=1S/C23H28FN3O4S/c1-3-16(2)25-22(28)17-12-14-27(15-13-17)23(29)18-4-8-20(9-5-18)26-32(30,31)21-10-6-19(24)7-11-21/h4-11,16-17,26H,3,12-15H2,1-2H3,(H,25,28)/t16-/m0/s1. The van der Waals surface area contributed by atoms with Gasteiger partial charge in [-0.3, -0.25) is 14.3 Å². The zero-order valence-corrected chi connectivity index (χ0v) is 19.0. The number of hydrogen-bond donors (Lipinski definition) is 2. The number of carbonyl (C=O) groups excluding carboxylic acids is 2. The Hall–Kier alpha value is -2.94. The minimum Gasteiger partial charge on any atom is -0.353 e. The number of benzene rings is 2. The van der Waals surface area contributed by atoms with E-state index >= 15 is 0 Å². The molecule has 7 nitrogen and oxygen atoms in total. The zero-order chi connectivity index (χ0) is 23.3. The molecule has 0 radical (unpaired) electrons. The van der Waals surface area contributed by atoms with E-state index in [1.54, 1.807) is 17.0 Å². The van der Waals surface area contributed by atoms with Gasteiger partial charge in [-0.15, -0.1) is 0 Å². The second-order valence-corrected chi connectivity index (χ2v) is 9.70. The van der Waals surface area contributed by atoms with Gasteiger partial charge in [0, 0.05) is 36.3 Å². The van der Waals surface area contributed by atoms with Crippen molar-refractivity contribution in [1.29, 1.82) is 0 Å². The summed E-state index contributed by atoms with van der Waals surface area (Å²) >= 11 is 0. The van der Waals surface area contributed by atoms with E-state index < -0.39 is 15.8 Å². The Morgan fingerprint density at radius 2 is 1.66 bits per heavy atom. The molecule has 1 saturated heterocycles. The van der Waals surface area contributed by atoms with E-state index in [-0.39, 0.29) is 28.7 Å². The van der Waals surface area contributed by atoms with Crippen LogP contribution in [0.4, 0.5) is 10.1 Å². The zero-order valence-electron chi connectivity index (χ0n) is 18.2. The monoisotopic (exact) mass is 461 g/mol. The van der Waals surface area contributed by atoms with E-state index in [2.05, 4.69) is 10.0 Å². The molecule has 172 valence electrons. The van der Waals surface area contributed by atoms with Crippen molar-refractivity contribution in [3.8, 4) is 0 Å². The van der Waals surface area contributed by atoms with Crippen molar-refractivity contribution in [2.45, 2.75) is 44.0 Å². The van der Waals surface area contributed by atoms with Crippen LogP contribution in [0.5, 0.6) is 0 Å². The lowest BCUT2D eigenvalue weighted by Gasteiger charge is -2.32. The predicted octanol–water partition coefficient (Wildman–Crippen LogP) is 3.39. The molecular formula is C23H28FN3O4S. The van der Waals surface area contributed by atoms with Crippen LogP contribution in [0.25, 0.3) is 0 Å². The Bertz CT molecular complexity index is 1050. The van der Waals surface area contributed by atoms with Crippen LogP contribution in [0, 0.1) is 11.7 Å². The lowest BCUT2D eigenvalue weighted by atomic mass is 9.95. The highest BCUT2D eigenvalue weighted by atomic mass is 32.2. The maximum atomic E-state index is 13.0. The summed E-state index contributed by atoms with van der Waals surface area (Å²) in [5.41, 5.74) is 0.739. The van der Waals surface area contributed by atoms with Gasteiger partial charge in [0.1, 0.15) is 5.82 Å². The van der Waals surface area contributed by atoms with Crippen LogP contribution in [0.1, 0.15) is 43.5 Å². The molecule has 0 saturated carbocycles. The van der Waals surface area contributed by atoms with Crippen LogP contribution < -0.4 is 10.0 Å². The van der Waals surface area contributed by atoms with E-state index in [1.807, 2.05) is 13.8 Å². The third kappa shape index (κ3) is 5.85. The maximum absolute atomic E-state index is 13.0. The van der Waals surface area contributed by atoms with Gasteiger partial charge in [0.15, 0.2) is 0 Å². The van der Waals surface area contributed by atoms with Crippen molar-refractivity contribution >= 4 is 27.5 Å². The molecule has 1 aliphatic heterocycles. The highest BCUT2D eigenvalue weighted by Gasteiger charge is 2.28. The molecule has 9 heteroatoms. The van der Waals surface area contributed by atoms with Gasteiger partial charge in [-0.1, -0.05) is 6.92 Å². The number of sulfonamides is 1. The molecule has 3 rings (SSSR count). The molecule has 2 N–H and O–H groups in total. The Labute approximate surface area is 188 Å². The molecule has 0 aromatic heterocycles. The number of piperidine rings is 1. The summed E-state index contributed by atoms with van der Waals surface area (Å²) < 4.78 is 40.3. The predicted molar refractivity (Wildman–Crippen MR) is 120 cm³/mol. The summed E-state index contributed by atoms with van der Waals surface area (Å²) in [6, 6.07) is 10.8. The number of halogens is 1. The highest BCUT2D eigenvalue weighted by molar-refractivity contribution is 7.92. The van der Waals surface area contributed by atoms with Gasteiger partial charge < -0.3 is 10.2 Å². The van der Waals surface area contributed by atoms with Gasteiger partial charge in [-0.25, -0.2) is 12.8 Å². The fraction of sp³-hybridized carbons (Fsp3) is 0.391. The summed E-state index contributed by atoms with van der Waals surface area (Å²) in [7, 11) is -3.86. The Morgan fingerprint density at radius 3 is 2.22 bits per heavy atom. The van der Waals surface area contributed by atoms with E-state index in [0.29, 0.717) is 37.2 Å². The minimum atomic E-state index is -3.86. The Morgan fingerprint density at radius 1 is 1.06 bits per heavy atom.